The molecule has 1 aliphatic heterocycles. The number of piperidine rings is 1. The Labute approximate surface area is 147 Å². The number of aromatic nitrogens is 3. The highest BCUT2D eigenvalue weighted by Gasteiger charge is 2.22. The highest BCUT2D eigenvalue weighted by atomic mass is 16.2. The summed E-state index contributed by atoms with van der Waals surface area (Å²) in [4.78, 5) is 15.0. The summed E-state index contributed by atoms with van der Waals surface area (Å²) in [5, 5.41) is 4.45. The van der Waals surface area contributed by atoms with E-state index in [9.17, 15) is 4.79 Å². The first-order chi connectivity index (χ1) is 12.3. The van der Waals surface area contributed by atoms with Crippen molar-refractivity contribution in [2.75, 3.05) is 13.1 Å². The third-order valence-electron chi connectivity index (χ3n) is 5.15. The molecule has 4 rings (SSSR count). The number of likely N-dealkylation sites (tertiary alicyclic amines) is 1. The van der Waals surface area contributed by atoms with Crippen molar-refractivity contribution < 1.29 is 0 Å². The standard InChI is InChI=1S/C20H24N4O/c25-20-23-13-7-5-11-19(23)21-24(20)15-14-22-12-6-4-10-18(22)16-17-8-2-1-3-9-17/h1-3,5,7-9,11,13,18H,4,6,10,12,14-16H2. The normalized spacial score (nSPS) is 18.6. The van der Waals surface area contributed by atoms with Crippen molar-refractivity contribution in [2.24, 2.45) is 0 Å². The summed E-state index contributed by atoms with van der Waals surface area (Å²) < 4.78 is 3.21. The molecular formula is C20H24N4O. The topological polar surface area (TPSA) is 42.5 Å². The Balaban J connectivity index is 1.46. The van der Waals surface area contributed by atoms with Crippen LogP contribution in [0.5, 0.6) is 0 Å². The lowest BCUT2D eigenvalue weighted by molar-refractivity contribution is 0.140. The molecule has 0 N–H and O–H groups in total. The SMILES string of the molecule is O=c1n(CCN2CCCCC2Cc2ccccc2)nc2ccccn12. The van der Waals surface area contributed by atoms with E-state index in [4.69, 9.17) is 0 Å². The zero-order chi connectivity index (χ0) is 17.1. The summed E-state index contributed by atoms with van der Waals surface area (Å²) >= 11 is 0. The van der Waals surface area contributed by atoms with Crippen LogP contribution in [0.25, 0.3) is 5.65 Å². The second kappa shape index (κ2) is 7.23. The Morgan fingerprint density at radius 1 is 1.00 bits per heavy atom. The van der Waals surface area contributed by atoms with E-state index in [1.165, 1.54) is 24.8 Å². The van der Waals surface area contributed by atoms with Gasteiger partial charge in [0.25, 0.3) is 0 Å². The highest BCUT2D eigenvalue weighted by molar-refractivity contribution is 5.35. The number of hydrogen-bond donors (Lipinski definition) is 0. The monoisotopic (exact) mass is 336 g/mol. The van der Waals surface area contributed by atoms with E-state index in [-0.39, 0.29) is 5.69 Å². The molecule has 0 aliphatic carbocycles. The van der Waals surface area contributed by atoms with Crippen LogP contribution in [0.3, 0.4) is 0 Å². The van der Waals surface area contributed by atoms with Gasteiger partial charge in [-0.25, -0.2) is 9.48 Å². The minimum Gasteiger partial charge on any atom is -0.298 e. The van der Waals surface area contributed by atoms with Crippen molar-refractivity contribution in [3.8, 4) is 0 Å². The van der Waals surface area contributed by atoms with Gasteiger partial charge in [0.2, 0.25) is 0 Å². The third kappa shape index (κ3) is 3.51. The Kier molecular flexibility index (Phi) is 4.65. The molecule has 0 bridgehead atoms. The predicted octanol–water partition coefficient (Wildman–Crippen LogP) is 2.59. The van der Waals surface area contributed by atoms with Crippen LogP contribution in [-0.2, 0) is 13.0 Å². The number of benzene rings is 1. The minimum atomic E-state index is -0.0489. The molecule has 1 aliphatic rings. The molecular weight excluding hydrogens is 312 g/mol. The molecule has 0 spiro atoms. The van der Waals surface area contributed by atoms with Gasteiger partial charge in [0.15, 0.2) is 5.65 Å². The van der Waals surface area contributed by atoms with E-state index >= 15 is 0 Å². The van der Waals surface area contributed by atoms with Crippen LogP contribution < -0.4 is 5.69 Å². The number of nitrogens with zero attached hydrogens (tertiary/aromatic N) is 4. The van der Waals surface area contributed by atoms with Crippen molar-refractivity contribution in [1.82, 2.24) is 19.1 Å². The Hall–Kier alpha value is -2.40. The second-order valence-electron chi connectivity index (χ2n) is 6.81. The first kappa shape index (κ1) is 16.1. The van der Waals surface area contributed by atoms with Crippen molar-refractivity contribution in [3.63, 3.8) is 0 Å². The summed E-state index contributed by atoms with van der Waals surface area (Å²) in [6, 6.07) is 16.9. The molecule has 0 amide bonds. The van der Waals surface area contributed by atoms with Gasteiger partial charge < -0.3 is 0 Å². The summed E-state index contributed by atoms with van der Waals surface area (Å²) in [7, 11) is 0. The van der Waals surface area contributed by atoms with E-state index < -0.39 is 0 Å². The smallest absolute Gasteiger partial charge is 0.298 e. The fraction of sp³-hybridized carbons (Fsp3) is 0.400. The number of rotatable bonds is 5. The lowest BCUT2D eigenvalue weighted by atomic mass is 9.95. The lowest BCUT2D eigenvalue weighted by Gasteiger charge is -2.35. The molecule has 2 aromatic heterocycles. The van der Waals surface area contributed by atoms with E-state index in [1.807, 2.05) is 18.2 Å². The molecule has 130 valence electrons. The molecule has 25 heavy (non-hydrogen) atoms. The zero-order valence-electron chi connectivity index (χ0n) is 14.4. The molecule has 0 radical (unpaired) electrons. The maximum absolute atomic E-state index is 12.4. The molecule has 1 saturated heterocycles. The first-order valence-electron chi connectivity index (χ1n) is 9.13. The molecule has 5 nitrogen and oxygen atoms in total. The van der Waals surface area contributed by atoms with Crippen LogP contribution in [0.4, 0.5) is 0 Å². The van der Waals surface area contributed by atoms with Gasteiger partial charge in [0, 0.05) is 18.8 Å². The second-order valence-corrected chi connectivity index (χ2v) is 6.81. The number of fused-ring (bicyclic) bond motifs is 1. The fourth-order valence-electron chi connectivity index (χ4n) is 3.81. The van der Waals surface area contributed by atoms with Crippen LogP contribution >= 0.6 is 0 Å². The van der Waals surface area contributed by atoms with Gasteiger partial charge in [-0.15, -0.1) is 5.10 Å². The average molecular weight is 336 g/mol. The van der Waals surface area contributed by atoms with Gasteiger partial charge in [-0.3, -0.25) is 9.30 Å². The van der Waals surface area contributed by atoms with Gasteiger partial charge >= 0.3 is 5.69 Å². The van der Waals surface area contributed by atoms with Crippen molar-refractivity contribution in [3.05, 3.63) is 70.8 Å². The van der Waals surface area contributed by atoms with E-state index in [2.05, 4.69) is 40.3 Å². The molecule has 0 saturated carbocycles. The maximum Gasteiger partial charge on any atom is 0.350 e. The number of pyridine rings is 1. The van der Waals surface area contributed by atoms with Crippen molar-refractivity contribution in [1.29, 1.82) is 0 Å². The van der Waals surface area contributed by atoms with Gasteiger partial charge in [-0.05, 0) is 43.5 Å². The Bertz CT molecular complexity index is 883. The van der Waals surface area contributed by atoms with Crippen molar-refractivity contribution >= 4 is 5.65 Å². The Morgan fingerprint density at radius 3 is 2.68 bits per heavy atom. The van der Waals surface area contributed by atoms with Crippen LogP contribution in [0.2, 0.25) is 0 Å². The molecule has 1 atom stereocenters. The largest absolute Gasteiger partial charge is 0.350 e. The van der Waals surface area contributed by atoms with Crippen LogP contribution in [0.15, 0.2) is 59.5 Å². The molecule has 1 fully saturated rings. The van der Waals surface area contributed by atoms with Crippen LogP contribution in [0.1, 0.15) is 24.8 Å². The van der Waals surface area contributed by atoms with Gasteiger partial charge in [-0.2, -0.15) is 0 Å². The molecule has 3 heterocycles. The zero-order valence-corrected chi connectivity index (χ0v) is 14.4. The van der Waals surface area contributed by atoms with E-state index in [0.717, 1.165) is 19.5 Å². The van der Waals surface area contributed by atoms with Gasteiger partial charge in [-0.1, -0.05) is 42.8 Å². The first-order valence-corrected chi connectivity index (χ1v) is 9.13. The number of hydrogen-bond acceptors (Lipinski definition) is 3. The molecule has 3 aromatic rings. The fourth-order valence-corrected chi connectivity index (χ4v) is 3.81. The summed E-state index contributed by atoms with van der Waals surface area (Å²) in [5.74, 6) is 0. The summed E-state index contributed by atoms with van der Waals surface area (Å²) in [6.07, 6.45) is 6.63. The molecule has 1 unspecified atom stereocenters. The maximum atomic E-state index is 12.4. The predicted molar refractivity (Wildman–Crippen MR) is 98.8 cm³/mol. The van der Waals surface area contributed by atoms with Crippen LogP contribution in [0, 0.1) is 0 Å². The van der Waals surface area contributed by atoms with Gasteiger partial charge in [0.1, 0.15) is 0 Å². The quantitative estimate of drug-likeness (QED) is 0.719. The highest BCUT2D eigenvalue weighted by Crippen LogP contribution is 2.20. The summed E-state index contributed by atoms with van der Waals surface area (Å²) in [6.45, 7) is 2.63. The molecule has 5 heteroatoms. The molecule has 1 aromatic carbocycles. The van der Waals surface area contributed by atoms with E-state index in [0.29, 0.717) is 18.2 Å². The minimum absolute atomic E-state index is 0.0489. The third-order valence-corrected chi connectivity index (χ3v) is 5.15. The van der Waals surface area contributed by atoms with E-state index in [1.54, 1.807) is 15.3 Å². The van der Waals surface area contributed by atoms with Gasteiger partial charge in [0.05, 0.1) is 6.54 Å². The lowest BCUT2D eigenvalue weighted by Crippen LogP contribution is -2.43. The van der Waals surface area contributed by atoms with Crippen molar-refractivity contribution in [2.45, 2.75) is 38.3 Å². The van der Waals surface area contributed by atoms with Crippen LogP contribution in [-0.4, -0.2) is 38.2 Å². The summed E-state index contributed by atoms with van der Waals surface area (Å²) in [5.41, 5.74) is 2.06. The average Bonchev–Trinajstić information content (AvgIpc) is 2.98. The Morgan fingerprint density at radius 2 is 1.84 bits per heavy atom.